The molecule has 3 aromatic rings. The number of para-hydroxylation sites is 1. The first-order valence-electron chi connectivity index (χ1n) is 12.7. The molecule has 1 atom stereocenters. The number of hydrogen-bond donors (Lipinski definition) is 1. The minimum Gasteiger partial charge on any atom is -0.494 e. The van der Waals surface area contributed by atoms with E-state index in [1.807, 2.05) is 51.1 Å². The van der Waals surface area contributed by atoms with Gasteiger partial charge in [-0.05, 0) is 62.2 Å². The third-order valence-corrected chi connectivity index (χ3v) is 7.77. The first kappa shape index (κ1) is 28.7. The highest BCUT2D eigenvalue weighted by Crippen LogP contribution is 2.26. The van der Waals surface area contributed by atoms with Crippen LogP contribution in [-0.4, -0.2) is 50.9 Å². The summed E-state index contributed by atoms with van der Waals surface area (Å²) >= 11 is 0. The van der Waals surface area contributed by atoms with Gasteiger partial charge in [-0.3, -0.25) is 13.9 Å². The van der Waals surface area contributed by atoms with Crippen LogP contribution in [0.2, 0.25) is 0 Å². The van der Waals surface area contributed by atoms with E-state index in [0.29, 0.717) is 31.0 Å². The molecule has 0 spiro atoms. The summed E-state index contributed by atoms with van der Waals surface area (Å²) < 4.78 is 34.2. The molecule has 0 radical (unpaired) electrons. The van der Waals surface area contributed by atoms with Gasteiger partial charge >= 0.3 is 0 Å². The van der Waals surface area contributed by atoms with E-state index in [4.69, 9.17) is 4.74 Å². The van der Waals surface area contributed by atoms with Crippen LogP contribution < -0.4 is 14.4 Å². The summed E-state index contributed by atoms with van der Waals surface area (Å²) in [5.41, 5.74) is 1.18. The standard InChI is InChI=1S/C29H35N3O5S/c1-4-27(29(34)30-5-2)31(21-23-13-9-7-10-14-23)28(33)22-32(24-15-11-8-12-16-24)38(35,36)26-19-17-25(18-20-26)37-6-3/h7-20,27H,4-6,21-22H2,1-3H3,(H,30,34)/t27-/m0/s1. The molecule has 3 aromatic carbocycles. The van der Waals surface area contributed by atoms with Crippen LogP contribution in [0.15, 0.2) is 89.8 Å². The first-order valence-corrected chi connectivity index (χ1v) is 14.2. The Balaban J connectivity index is 2.00. The lowest BCUT2D eigenvalue weighted by Gasteiger charge is -2.33. The second-order valence-corrected chi connectivity index (χ2v) is 10.4. The highest BCUT2D eigenvalue weighted by atomic mass is 32.2. The summed E-state index contributed by atoms with van der Waals surface area (Å²) in [4.78, 5) is 28.3. The Hall–Kier alpha value is -3.85. The van der Waals surface area contributed by atoms with Gasteiger partial charge in [-0.25, -0.2) is 8.42 Å². The number of amides is 2. The molecule has 0 heterocycles. The predicted molar refractivity (Wildman–Crippen MR) is 148 cm³/mol. The van der Waals surface area contributed by atoms with E-state index in [2.05, 4.69) is 5.32 Å². The highest BCUT2D eigenvalue weighted by molar-refractivity contribution is 7.92. The van der Waals surface area contributed by atoms with E-state index in [0.717, 1.165) is 9.87 Å². The summed E-state index contributed by atoms with van der Waals surface area (Å²) in [6.07, 6.45) is 0.376. The van der Waals surface area contributed by atoms with Crippen molar-refractivity contribution in [2.75, 3.05) is 24.0 Å². The maximum absolute atomic E-state index is 13.9. The van der Waals surface area contributed by atoms with Crippen molar-refractivity contribution in [2.24, 2.45) is 0 Å². The van der Waals surface area contributed by atoms with E-state index >= 15 is 0 Å². The molecule has 1 N–H and O–H groups in total. The number of sulfonamides is 1. The quantitative estimate of drug-likeness (QED) is 0.352. The number of likely N-dealkylation sites (N-methyl/N-ethyl adjacent to an activating group) is 1. The number of carbonyl (C=O) groups excluding carboxylic acids is 2. The zero-order valence-corrected chi connectivity index (χ0v) is 22.9. The fraction of sp³-hybridized carbons (Fsp3) is 0.310. The van der Waals surface area contributed by atoms with Gasteiger partial charge in [0.05, 0.1) is 17.2 Å². The number of rotatable bonds is 13. The fourth-order valence-corrected chi connectivity index (χ4v) is 5.53. The van der Waals surface area contributed by atoms with Crippen molar-refractivity contribution in [2.45, 2.75) is 44.7 Å². The lowest BCUT2D eigenvalue weighted by Crippen LogP contribution is -2.52. The van der Waals surface area contributed by atoms with Crippen molar-refractivity contribution < 1.29 is 22.7 Å². The lowest BCUT2D eigenvalue weighted by atomic mass is 10.1. The van der Waals surface area contributed by atoms with Gasteiger partial charge in [0.15, 0.2) is 0 Å². The summed E-state index contributed by atoms with van der Waals surface area (Å²) in [7, 11) is -4.12. The molecule has 0 saturated carbocycles. The predicted octanol–water partition coefficient (Wildman–Crippen LogP) is 4.22. The zero-order chi connectivity index (χ0) is 27.5. The Morgan fingerprint density at radius 2 is 1.47 bits per heavy atom. The summed E-state index contributed by atoms with van der Waals surface area (Å²) in [5, 5.41) is 2.80. The minimum atomic E-state index is -4.12. The molecule has 0 fully saturated rings. The van der Waals surface area contributed by atoms with Crippen LogP contribution in [0.5, 0.6) is 5.75 Å². The molecule has 0 aliphatic heterocycles. The van der Waals surface area contributed by atoms with E-state index in [-0.39, 0.29) is 17.3 Å². The third-order valence-electron chi connectivity index (χ3n) is 5.98. The molecule has 8 nitrogen and oxygen atoms in total. The first-order chi connectivity index (χ1) is 18.3. The largest absolute Gasteiger partial charge is 0.494 e. The molecule has 0 aliphatic carbocycles. The fourth-order valence-electron chi connectivity index (χ4n) is 4.12. The summed E-state index contributed by atoms with van der Waals surface area (Å²) in [6.45, 7) is 6.07. The van der Waals surface area contributed by atoms with E-state index in [9.17, 15) is 18.0 Å². The molecular formula is C29H35N3O5S. The number of nitrogens with one attached hydrogen (secondary N) is 1. The van der Waals surface area contributed by atoms with Gasteiger partial charge in [-0.2, -0.15) is 0 Å². The van der Waals surface area contributed by atoms with Crippen molar-refractivity contribution in [1.29, 1.82) is 0 Å². The van der Waals surface area contributed by atoms with E-state index < -0.39 is 28.5 Å². The maximum atomic E-state index is 13.9. The highest BCUT2D eigenvalue weighted by Gasteiger charge is 2.33. The van der Waals surface area contributed by atoms with E-state index in [1.54, 1.807) is 42.5 Å². The van der Waals surface area contributed by atoms with Gasteiger partial charge in [0.25, 0.3) is 10.0 Å². The number of anilines is 1. The number of carbonyl (C=O) groups is 2. The summed E-state index contributed by atoms with van der Waals surface area (Å²) in [6, 6.07) is 23.2. The van der Waals surface area contributed by atoms with E-state index in [1.165, 1.54) is 17.0 Å². The number of ether oxygens (including phenoxy) is 1. The molecule has 0 unspecified atom stereocenters. The number of hydrogen-bond acceptors (Lipinski definition) is 5. The zero-order valence-electron chi connectivity index (χ0n) is 22.0. The molecule has 0 aliphatic rings. The molecule has 9 heteroatoms. The van der Waals surface area contributed by atoms with Crippen molar-refractivity contribution >= 4 is 27.5 Å². The molecule has 202 valence electrons. The Labute approximate surface area is 225 Å². The third kappa shape index (κ3) is 7.13. The maximum Gasteiger partial charge on any atom is 0.264 e. The molecular weight excluding hydrogens is 502 g/mol. The monoisotopic (exact) mass is 537 g/mol. The minimum absolute atomic E-state index is 0.0305. The molecule has 2 amide bonds. The van der Waals surface area contributed by atoms with Crippen LogP contribution in [0.1, 0.15) is 32.8 Å². The van der Waals surface area contributed by atoms with Crippen molar-refractivity contribution in [1.82, 2.24) is 10.2 Å². The van der Waals surface area contributed by atoms with Crippen LogP contribution in [0.3, 0.4) is 0 Å². The van der Waals surface area contributed by atoms with Gasteiger partial charge in [0.1, 0.15) is 18.3 Å². The average Bonchev–Trinajstić information content (AvgIpc) is 2.93. The second-order valence-electron chi connectivity index (χ2n) is 8.58. The van der Waals surface area contributed by atoms with Crippen molar-refractivity contribution in [3.8, 4) is 5.75 Å². The van der Waals surface area contributed by atoms with Gasteiger partial charge in [0.2, 0.25) is 11.8 Å². The topological polar surface area (TPSA) is 96.0 Å². The van der Waals surface area contributed by atoms with Crippen molar-refractivity contribution in [3.63, 3.8) is 0 Å². The van der Waals surface area contributed by atoms with Gasteiger partial charge in [-0.15, -0.1) is 0 Å². The normalized spacial score (nSPS) is 11.9. The number of nitrogens with zero attached hydrogens (tertiary/aromatic N) is 2. The Kier molecular flexibility index (Phi) is 10.3. The van der Waals surface area contributed by atoms with Crippen LogP contribution in [0, 0.1) is 0 Å². The van der Waals surface area contributed by atoms with Crippen LogP contribution in [0.4, 0.5) is 5.69 Å². The Bertz CT molecular complexity index is 1280. The average molecular weight is 538 g/mol. The Morgan fingerprint density at radius 3 is 2.03 bits per heavy atom. The van der Waals surface area contributed by atoms with Crippen LogP contribution >= 0.6 is 0 Å². The van der Waals surface area contributed by atoms with Crippen LogP contribution in [-0.2, 0) is 26.2 Å². The van der Waals surface area contributed by atoms with Crippen LogP contribution in [0.25, 0.3) is 0 Å². The smallest absolute Gasteiger partial charge is 0.264 e. The number of benzene rings is 3. The van der Waals surface area contributed by atoms with Gasteiger partial charge in [0, 0.05) is 13.1 Å². The molecule has 3 rings (SSSR count). The molecule has 0 saturated heterocycles. The summed E-state index contributed by atoms with van der Waals surface area (Å²) in [5.74, 6) is -0.208. The Morgan fingerprint density at radius 1 is 0.868 bits per heavy atom. The molecule has 0 aromatic heterocycles. The SMILES string of the molecule is CCNC(=O)[C@H](CC)N(Cc1ccccc1)C(=O)CN(c1ccccc1)S(=O)(=O)c1ccc(OCC)cc1. The van der Waals surface area contributed by atoms with Gasteiger partial charge < -0.3 is 15.0 Å². The lowest BCUT2D eigenvalue weighted by molar-refractivity contribution is -0.140. The molecule has 38 heavy (non-hydrogen) atoms. The van der Waals surface area contributed by atoms with Crippen molar-refractivity contribution in [3.05, 3.63) is 90.5 Å². The van der Waals surface area contributed by atoms with Gasteiger partial charge in [-0.1, -0.05) is 55.5 Å². The second kappa shape index (κ2) is 13.6. The molecule has 0 bridgehead atoms.